The van der Waals surface area contributed by atoms with E-state index in [2.05, 4.69) is 14.2 Å². The first-order chi connectivity index (χ1) is 10.3. The molecule has 0 fully saturated rings. The summed E-state index contributed by atoms with van der Waals surface area (Å²) in [5, 5.41) is 17.7. The fraction of sp³-hybridized carbons (Fsp3) is 0.417. The van der Waals surface area contributed by atoms with Gasteiger partial charge < -0.3 is 29.4 Å². The standard InChI is InChI=1S/C12H14N2O8/c1-6-9(22-12(19)21-6)5-20-11(18)14-8(10(16)17)3-2-7(15)4-13/h4,8,13H,2-3,5H2,1H3,(H,14,18)(H,16,17). The molecule has 0 aliphatic heterocycles. The fourth-order valence-electron chi connectivity index (χ4n) is 1.44. The Morgan fingerprint density at radius 1 is 1.41 bits per heavy atom. The predicted octanol–water partition coefficient (Wildman–Crippen LogP) is 0.219. The molecule has 120 valence electrons. The molecule has 1 aromatic heterocycles. The average molecular weight is 314 g/mol. The second-order valence-electron chi connectivity index (χ2n) is 4.19. The molecule has 0 saturated heterocycles. The minimum atomic E-state index is -1.35. The Balaban J connectivity index is 2.51. The zero-order chi connectivity index (χ0) is 16.7. The number of amides is 1. The maximum absolute atomic E-state index is 11.5. The lowest BCUT2D eigenvalue weighted by Crippen LogP contribution is -2.41. The van der Waals surface area contributed by atoms with Gasteiger partial charge in [-0.05, 0) is 13.3 Å². The molecule has 1 aromatic rings. The normalized spacial score (nSPS) is 11.5. The molecule has 0 radical (unpaired) electrons. The molecule has 1 unspecified atom stereocenters. The summed E-state index contributed by atoms with van der Waals surface area (Å²) >= 11 is 0. The molecule has 1 amide bonds. The Labute approximate surface area is 123 Å². The van der Waals surface area contributed by atoms with Crippen LogP contribution in [0, 0.1) is 12.3 Å². The van der Waals surface area contributed by atoms with Gasteiger partial charge in [0.25, 0.3) is 0 Å². The van der Waals surface area contributed by atoms with Gasteiger partial charge in [0.1, 0.15) is 6.04 Å². The number of carbonyl (C=O) groups is 3. The summed E-state index contributed by atoms with van der Waals surface area (Å²) < 4.78 is 13.9. The molecule has 10 nitrogen and oxygen atoms in total. The second-order valence-corrected chi connectivity index (χ2v) is 4.19. The second kappa shape index (κ2) is 7.76. The largest absolute Gasteiger partial charge is 0.519 e. The summed E-state index contributed by atoms with van der Waals surface area (Å²) in [7, 11) is 0. The number of ketones is 1. The highest BCUT2D eigenvalue weighted by Gasteiger charge is 2.22. The van der Waals surface area contributed by atoms with E-state index in [1.54, 1.807) is 0 Å². The zero-order valence-electron chi connectivity index (χ0n) is 11.6. The van der Waals surface area contributed by atoms with E-state index in [4.69, 9.17) is 15.3 Å². The minimum Gasteiger partial charge on any atom is -0.480 e. The lowest BCUT2D eigenvalue weighted by atomic mass is 10.1. The van der Waals surface area contributed by atoms with Crippen LogP contribution in [0.25, 0.3) is 0 Å². The Hall–Kier alpha value is -2.91. The summed E-state index contributed by atoms with van der Waals surface area (Å²) in [6.45, 7) is 1.03. The number of alkyl carbamates (subject to hydrolysis) is 1. The van der Waals surface area contributed by atoms with Gasteiger partial charge in [0.2, 0.25) is 0 Å². The number of ether oxygens (including phenoxy) is 1. The number of carbonyl (C=O) groups excluding carboxylic acids is 2. The molecule has 1 heterocycles. The predicted molar refractivity (Wildman–Crippen MR) is 69.8 cm³/mol. The SMILES string of the molecule is Cc1oc(=O)oc1COC(=O)NC(CCC(=O)C=N)C(=O)O. The lowest BCUT2D eigenvalue weighted by Gasteiger charge is -2.13. The number of aliphatic carboxylic acids is 1. The summed E-state index contributed by atoms with van der Waals surface area (Å²) in [6, 6.07) is -1.34. The van der Waals surface area contributed by atoms with Crippen LogP contribution in [-0.2, 0) is 20.9 Å². The van der Waals surface area contributed by atoms with Crippen molar-refractivity contribution in [2.24, 2.45) is 0 Å². The molecule has 0 bridgehead atoms. The molecule has 0 spiro atoms. The first-order valence-corrected chi connectivity index (χ1v) is 6.12. The topological polar surface area (TPSA) is 160 Å². The number of rotatable bonds is 8. The van der Waals surface area contributed by atoms with Gasteiger partial charge in [-0.15, -0.1) is 0 Å². The molecule has 22 heavy (non-hydrogen) atoms. The summed E-state index contributed by atoms with van der Waals surface area (Å²) in [6.07, 6.45) is -0.867. The van der Waals surface area contributed by atoms with Crippen LogP contribution in [0.5, 0.6) is 0 Å². The summed E-state index contributed by atoms with van der Waals surface area (Å²) in [5.41, 5.74) is 0. The lowest BCUT2D eigenvalue weighted by molar-refractivity contribution is -0.139. The first kappa shape index (κ1) is 17.1. The Bertz CT molecular complexity index is 629. The van der Waals surface area contributed by atoms with E-state index >= 15 is 0 Å². The van der Waals surface area contributed by atoms with Gasteiger partial charge in [-0.2, -0.15) is 0 Å². The van der Waals surface area contributed by atoms with E-state index in [0.29, 0.717) is 6.21 Å². The number of nitrogens with one attached hydrogen (secondary N) is 2. The van der Waals surface area contributed by atoms with Crippen LogP contribution in [0.4, 0.5) is 4.79 Å². The van der Waals surface area contributed by atoms with Crippen LogP contribution >= 0.6 is 0 Å². The van der Waals surface area contributed by atoms with E-state index in [1.165, 1.54) is 6.92 Å². The Morgan fingerprint density at radius 3 is 2.59 bits per heavy atom. The molecular weight excluding hydrogens is 300 g/mol. The van der Waals surface area contributed by atoms with Crippen LogP contribution < -0.4 is 11.1 Å². The van der Waals surface area contributed by atoms with Gasteiger partial charge in [0, 0.05) is 6.42 Å². The van der Waals surface area contributed by atoms with Crippen molar-refractivity contribution in [3.8, 4) is 0 Å². The first-order valence-electron chi connectivity index (χ1n) is 6.12. The van der Waals surface area contributed by atoms with Crippen LogP contribution in [-0.4, -0.2) is 35.2 Å². The fourth-order valence-corrected chi connectivity index (χ4v) is 1.44. The van der Waals surface area contributed by atoms with Crippen molar-refractivity contribution in [2.75, 3.05) is 0 Å². The van der Waals surface area contributed by atoms with Crippen LogP contribution in [0.3, 0.4) is 0 Å². The van der Waals surface area contributed by atoms with Gasteiger partial charge in [-0.3, -0.25) is 4.79 Å². The van der Waals surface area contributed by atoms with Crippen LogP contribution in [0.2, 0.25) is 0 Å². The number of hydrogen-bond acceptors (Lipinski definition) is 8. The maximum Gasteiger partial charge on any atom is 0.519 e. The molecule has 10 heteroatoms. The number of aryl methyl sites for hydroxylation is 1. The van der Waals surface area contributed by atoms with E-state index < -0.39 is 36.3 Å². The van der Waals surface area contributed by atoms with E-state index in [9.17, 15) is 19.2 Å². The smallest absolute Gasteiger partial charge is 0.480 e. The van der Waals surface area contributed by atoms with E-state index in [1.807, 2.05) is 0 Å². The monoisotopic (exact) mass is 314 g/mol. The highest BCUT2D eigenvalue weighted by Crippen LogP contribution is 2.07. The quantitative estimate of drug-likeness (QED) is 0.574. The Kier molecular flexibility index (Phi) is 6.05. The molecular formula is C12H14N2O8. The molecule has 0 aliphatic rings. The highest BCUT2D eigenvalue weighted by atomic mass is 16.6. The number of Topliss-reactive ketones (excluding diaryl/α,β-unsaturated/α-hetero) is 1. The third-order valence-electron chi connectivity index (χ3n) is 2.60. The molecule has 0 aliphatic carbocycles. The maximum atomic E-state index is 11.5. The van der Waals surface area contributed by atoms with Gasteiger partial charge in [0.05, 0.1) is 6.21 Å². The van der Waals surface area contributed by atoms with Gasteiger partial charge >= 0.3 is 17.9 Å². The third-order valence-corrected chi connectivity index (χ3v) is 2.60. The number of hydrogen-bond donors (Lipinski definition) is 3. The average Bonchev–Trinajstić information content (AvgIpc) is 2.78. The molecule has 1 rings (SSSR count). The molecule has 0 saturated carbocycles. The van der Waals surface area contributed by atoms with E-state index in [-0.39, 0.29) is 24.4 Å². The molecule has 0 aromatic carbocycles. The van der Waals surface area contributed by atoms with Crippen LogP contribution in [0.15, 0.2) is 13.6 Å². The summed E-state index contributed by atoms with van der Waals surface area (Å²) in [5.74, 6) is -2.70. The Morgan fingerprint density at radius 2 is 2.09 bits per heavy atom. The zero-order valence-corrected chi connectivity index (χ0v) is 11.6. The third kappa shape index (κ3) is 5.23. The van der Waals surface area contributed by atoms with Crippen molar-refractivity contribution in [3.63, 3.8) is 0 Å². The van der Waals surface area contributed by atoms with Gasteiger partial charge in [-0.1, -0.05) is 0 Å². The van der Waals surface area contributed by atoms with Gasteiger partial charge in [0.15, 0.2) is 23.9 Å². The number of carboxylic acid groups (broad SMARTS) is 1. The van der Waals surface area contributed by atoms with Crippen LogP contribution in [0.1, 0.15) is 24.4 Å². The van der Waals surface area contributed by atoms with Gasteiger partial charge in [-0.25, -0.2) is 14.4 Å². The summed E-state index contributed by atoms with van der Waals surface area (Å²) in [4.78, 5) is 44.2. The van der Waals surface area contributed by atoms with Crippen molar-refractivity contribution >= 4 is 24.1 Å². The van der Waals surface area contributed by atoms with Crippen molar-refractivity contribution in [1.82, 2.24) is 5.32 Å². The molecule has 1 atom stereocenters. The highest BCUT2D eigenvalue weighted by molar-refractivity contribution is 6.26. The van der Waals surface area contributed by atoms with Crippen molar-refractivity contribution in [2.45, 2.75) is 32.4 Å². The minimum absolute atomic E-state index is 0.00556. The molecule has 3 N–H and O–H groups in total. The van der Waals surface area contributed by atoms with Crippen molar-refractivity contribution in [3.05, 3.63) is 22.1 Å². The van der Waals surface area contributed by atoms with E-state index in [0.717, 1.165) is 0 Å². The number of carboxylic acids is 1. The van der Waals surface area contributed by atoms with Crippen molar-refractivity contribution < 1.29 is 33.1 Å². The van der Waals surface area contributed by atoms with Crippen molar-refractivity contribution in [1.29, 1.82) is 5.41 Å².